The Morgan fingerprint density at radius 1 is 0.421 bits per heavy atom. The van der Waals surface area contributed by atoms with E-state index in [9.17, 15) is 4.39 Å². The van der Waals surface area contributed by atoms with Crippen molar-refractivity contribution >= 4 is 39.0 Å². The molecule has 0 atom stereocenters. The fourth-order valence-corrected chi connectivity index (χ4v) is 9.86. The van der Waals surface area contributed by atoms with E-state index < -0.39 is 0 Å². The van der Waals surface area contributed by atoms with Crippen molar-refractivity contribution in [2.45, 2.75) is 38.5 Å². The summed E-state index contributed by atoms with van der Waals surface area (Å²) in [6.45, 7) is 9.36. The van der Waals surface area contributed by atoms with Crippen LogP contribution in [0.4, 0.5) is 21.5 Å². The molecule has 0 aliphatic heterocycles. The number of anilines is 3. The molecule has 9 aromatic rings. The summed E-state index contributed by atoms with van der Waals surface area (Å²) in [7, 11) is 0. The molecule has 2 aliphatic rings. The van der Waals surface area contributed by atoms with Crippen LogP contribution in [0.3, 0.4) is 0 Å². The lowest BCUT2D eigenvalue weighted by Crippen LogP contribution is -2.18. The van der Waals surface area contributed by atoms with Crippen LogP contribution in [0.1, 0.15) is 49.9 Å². The number of fused-ring (bicyclic) bond motifs is 9. The van der Waals surface area contributed by atoms with Crippen LogP contribution in [-0.4, -0.2) is 0 Å². The summed E-state index contributed by atoms with van der Waals surface area (Å²) in [4.78, 5) is 2.45. The second kappa shape index (κ2) is 12.1. The molecular weight excluding hydrogens is 698 g/mol. The topological polar surface area (TPSA) is 16.4 Å². The molecule has 0 radical (unpaired) electrons. The Kier molecular flexibility index (Phi) is 7.16. The smallest absolute Gasteiger partial charge is 0.136 e. The lowest BCUT2D eigenvalue weighted by molar-refractivity contribution is 0.628. The van der Waals surface area contributed by atoms with Crippen molar-refractivity contribution in [3.63, 3.8) is 0 Å². The normalized spacial score (nSPS) is 14.3. The van der Waals surface area contributed by atoms with Crippen LogP contribution in [0.25, 0.3) is 66.4 Å². The molecule has 1 heterocycles. The summed E-state index contributed by atoms with van der Waals surface area (Å²) in [6, 6.07) is 59.8. The summed E-state index contributed by atoms with van der Waals surface area (Å²) >= 11 is 0. The lowest BCUT2D eigenvalue weighted by Gasteiger charge is -2.31. The molecule has 11 rings (SSSR count). The molecule has 0 saturated heterocycles. The van der Waals surface area contributed by atoms with E-state index in [1.54, 1.807) is 12.1 Å². The summed E-state index contributed by atoms with van der Waals surface area (Å²) in [5.74, 6) is -0.251. The van der Waals surface area contributed by atoms with E-state index in [0.717, 1.165) is 61.3 Å². The van der Waals surface area contributed by atoms with Crippen LogP contribution in [0, 0.1) is 5.82 Å². The van der Waals surface area contributed by atoms with Crippen molar-refractivity contribution in [3.05, 3.63) is 198 Å². The molecule has 0 N–H and O–H groups in total. The first kappa shape index (κ1) is 33.6. The van der Waals surface area contributed by atoms with Gasteiger partial charge in [-0.2, -0.15) is 0 Å². The van der Waals surface area contributed by atoms with E-state index in [4.69, 9.17) is 4.42 Å². The van der Waals surface area contributed by atoms with Gasteiger partial charge in [-0.1, -0.05) is 143 Å². The van der Waals surface area contributed by atoms with E-state index in [1.165, 1.54) is 44.5 Å². The van der Waals surface area contributed by atoms with Gasteiger partial charge in [0.25, 0.3) is 0 Å². The molecule has 3 heteroatoms. The maximum absolute atomic E-state index is 14.3. The third-order valence-corrected chi connectivity index (χ3v) is 12.8. The molecular formula is C54H40FNO. The zero-order valence-electron chi connectivity index (χ0n) is 32.4. The average molecular weight is 738 g/mol. The van der Waals surface area contributed by atoms with Crippen LogP contribution < -0.4 is 4.90 Å². The van der Waals surface area contributed by atoms with Gasteiger partial charge in [0, 0.05) is 38.5 Å². The Balaban J connectivity index is 1.21. The number of furan rings is 1. The number of hydrogen-bond donors (Lipinski definition) is 0. The van der Waals surface area contributed by atoms with Gasteiger partial charge in [0.15, 0.2) is 0 Å². The fraction of sp³-hybridized carbons (Fsp3) is 0.111. The van der Waals surface area contributed by atoms with Crippen molar-refractivity contribution in [3.8, 4) is 44.5 Å². The highest BCUT2D eigenvalue weighted by molar-refractivity contribution is 6.14. The molecule has 1 aromatic heterocycles. The first-order chi connectivity index (χ1) is 27.7. The molecule has 274 valence electrons. The van der Waals surface area contributed by atoms with Crippen LogP contribution in [0.2, 0.25) is 0 Å². The number of rotatable bonds is 5. The maximum Gasteiger partial charge on any atom is 0.136 e. The fourth-order valence-electron chi connectivity index (χ4n) is 9.86. The Labute approximate surface area is 332 Å². The van der Waals surface area contributed by atoms with E-state index >= 15 is 0 Å². The van der Waals surface area contributed by atoms with Crippen LogP contribution in [0.15, 0.2) is 174 Å². The van der Waals surface area contributed by atoms with E-state index in [0.29, 0.717) is 0 Å². The largest absolute Gasteiger partial charge is 0.456 e. The molecule has 0 unspecified atom stereocenters. The zero-order valence-corrected chi connectivity index (χ0v) is 32.4. The number of para-hydroxylation sites is 1. The summed E-state index contributed by atoms with van der Waals surface area (Å²) in [5, 5.41) is 2.16. The molecule has 0 saturated carbocycles. The molecule has 0 amide bonds. The van der Waals surface area contributed by atoms with Gasteiger partial charge < -0.3 is 9.32 Å². The van der Waals surface area contributed by atoms with Crippen molar-refractivity contribution in [2.24, 2.45) is 0 Å². The molecule has 0 fully saturated rings. The SMILES string of the molecule is CC1(C)c2ccccc2-c2ccc(N(c3ccc4c(c3)C(C)(C)c3ccccc3-4)c3cc(-c4ccc(F)cc4)ccc3-c3cccc4oc5ccccc5c34)cc21. The van der Waals surface area contributed by atoms with Gasteiger partial charge in [-0.25, -0.2) is 4.39 Å². The summed E-state index contributed by atoms with van der Waals surface area (Å²) in [6.07, 6.45) is 0. The third-order valence-electron chi connectivity index (χ3n) is 12.8. The average Bonchev–Trinajstić information content (AvgIpc) is 3.81. The quantitative estimate of drug-likeness (QED) is 0.175. The van der Waals surface area contributed by atoms with E-state index in [2.05, 4.69) is 166 Å². The molecule has 57 heavy (non-hydrogen) atoms. The van der Waals surface area contributed by atoms with Gasteiger partial charge in [0.1, 0.15) is 17.0 Å². The van der Waals surface area contributed by atoms with Gasteiger partial charge in [-0.3, -0.25) is 0 Å². The van der Waals surface area contributed by atoms with Gasteiger partial charge in [0.05, 0.1) is 5.69 Å². The predicted octanol–water partition coefficient (Wildman–Crippen LogP) is 15.1. The Hall–Kier alpha value is -6.71. The van der Waals surface area contributed by atoms with E-state index in [-0.39, 0.29) is 16.6 Å². The third kappa shape index (κ3) is 4.95. The van der Waals surface area contributed by atoms with Gasteiger partial charge in [-0.05, 0) is 116 Å². The monoisotopic (exact) mass is 737 g/mol. The van der Waals surface area contributed by atoms with Crippen molar-refractivity contribution in [2.75, 3.05) is 4.90 Å². The molecule has 2 nitrogen and oxygen atoms in total. The highest BCUT2D eigenvalue weighted by atomic mass is 19.1. The summed E-state index contributed by atoms with van der Waals surface area (Å²) in [5.41, 5.74) is 19.1. The minimum Gasteiger partial charge on any atom is -0.456 e. The van der Waals surface area contributed by atoms with Gasteiger partial charge in [0.2, 0.25) is 0 Å². The van der Waals surface area contributed by atoms with Crippen LogP contribution >= 0.6 is 0 Å². The second-order valence-corrected chi connectivity index (χ2v) is 16.7. The van der Waals surface area contributed by atoms with Crippen LogP contribution in [-0.2, 0) is 10.8 Å². The predicted molar refractivity (Wildman–Crippen MR) is 234 cm³/mol. The molecule has 8 aromatic carbocycles. The van der Waals surface area contributed by atoms with Gasteiger partial charge >= 0.3 is 0 Å². The van der Waals surface area contributed by atoms with Crippen LogP contribution in [0.5, 0.6) is 0 Å². The Bertz CT molecular complexity index is 2990. The number of hydrogen-bond acceptors (Lipinski definition) is 2. The minimum atomic E-state index is -0.251. The number of nitrogens with zero attached hydrogens (tertiary/aromatic N) is 1. The minimum absolute atomic E-state index is 0.185. The Morgan fingerprint density at radius 2 is 0.930 bits per heavy atom. The first-order valence-electron chi connectivity index (χ1n) is 19.8. The van der Waals surface area contributed by atoms with Crippen molar-refractivity contribution in [1.82, 2.24) is 0 Å². The number of halogens is 1. The molecule has 2 aliphatic carbocycles. The van der Waals surface area contributed by atoms with Crippen molar-refractivity contribution in [1.29, 1.82) is 0 Å². The van der Waals surface area contributed by atoms with Crippen molar-refractivity contribution < 1.29 is 8.81 Å². The second-order valence-electron chi connectivity index (χ2n) is 16.7. The first-order valence-corrected chi connectivity index (χ1v) is 19.8. The highest BCUT2D eigenvalue weighted by Gasteiger charge is 2.38. The van der Waals surface area contributed by atoms with E-state index in [1.807, 2.05) is 24.3 Å². The molecule has 0 spiro atoms. The number of benzene rings is 8. The zero-order chi connectivity index (χ0) is 38.6. The maximum atomic E-state index is 14.3. The highest BCUT2D eigenvalue weighted by Crippen LogP contribution is 2.54. The summed E-state index contributed by atoms with van der Waals surface area (Å²) < 4.78 is 20.8. The van der Waals surface area contributed by atoms with Gasteiger partial charge in [-0.15, -0.1) is 0 Å². The molecule has 0 bridgehead atoms. The lowest BCUT2D eigenvalue weighted by atomic mass is 9.82. The Morgan fingerprint density at radius 3 is 1.58 bits per heavy atom. The standard InChI is InChI=1S/C54H40FNO/c1-53(2)45-16-8-5-12-38(45)40-28-25-36(31-47(40)53)56(37-26-29-41-39-13-6-9-17-46(39)54(3,4)48(41)32-37)49-30-34(33-20-23-35(55)24-21-33)22-27-42(49)43-15-11-19-51-52(43)44-14-7-10-18-50(44)57-51/h5-32H,1-4H3.